The maximum Gasteiger partial charge on any atom is 0.253 e. The van der Waals surface area contributed by atoms with E-state index in [2.05, 4.69) is 16.8 Å². The molecule has 1 aromatic heterocycles. The molecule has 0 radical (unpaired) electrons. The number of aromatic nitrogens is 2. The molecule has 6 nitrogen and oxygen atoms in total. The Hall–Kier alpha value is -1.92. The number of likely N-dealkylation sites (tertiary alicyclic amines) is 1. The predicted molar refractivity (Wildman–Crippen MR) is 101 cm³/mol. The average molecular weight is 356 g/mol. The molecule has 2 fully saturated rings. The lowest BCUT2D eigenvalue weighted by molar-refractivity contribution is -0.000950. The number of amides is 1. The fraction of sp³-hybridized carbons (Fsp3) is 0.600. The second-order valence-corrected chi connectivity index (χ2v) is 7.58. The van der Waals surface area contributed by atoms with E-state index in [0.717, 1.165) is 68.8 Å². The van der Waals surface area contributed by atoms with E-state index >= 15 is 0 Å². The zero-order valence-electron chi connectivity index (χ0n) is 15.7. The second kappa shape index (κ2) is 7.37. The zero-order chi connectivity index (χ0) is 18.1. The Morgan fingerprint density at radius 2 is 1.92 bits per heavy atom. The predicted octanol–water partition coefficient (Wildman–Crippen LogP) is 2.15. The third kappa shape index (κ3) is 3.35. The number of morpholine rings is 1. The fourth-order valence-corrected chi connectivity index (χ4v) is 4.32. The van der Waals surface area contributed by atoms with Crippen LogP contribution in [0.5, 0.6) is 0 Å². The highest BCUT2D eigenvalue weighted by molar-refractivity contribution is 5.97. The summed E-state index contributed by atoms with van der Waals surface area (Å²) >= 11 is 0. The average Bonchev–Trinajstić information content (AvgIpc) is 3.08. The highest BCUT2D eigenvalue weighted by Gasteiger charge is 2.30. The van der Waals surface area contributed by atoms with Gasteiger partial charge in [-0.3, -0.25) is 9.69 Å². The van der Waals surface area contributed by atoms with Gasteiger partial charge in [-0.25, -0.2) is 4.98 Å². The number of ether oxygens (including phenoxy) is 1. The van der Waals surface area contributed by atoms with Gasteiger partial charge in [-0.1, -0.05) is 0 Å². The summed E-state index contributed by atoms with van der Waals surface area (Å²) in [4.78, 5) is 21.8. The first-order valence-corrected chi connectivity index (χ1v) is 9.65. The van der Waals surface area contributed by atoms with Gasteiger partial charge in [0.1, 0.15) is 0 Å². The molecule has 0 saturated carbocycles. The summed E-state index contributed by atoms with van der Waals surface area (Å²) in [5.74, 6) is 0.797. The van der Waals surface area contributed by atoms with Gasteiger partial charge in [-0.15, -0.1) is 0 Å². The number of hydrogen-bond acceptors (Lipinski definition) is 4. The summed E-state index contributed by atoms with van der Waals surface area (Å²) in [5, 5.41) is 0. The SMILES string of the molecule is CC(C1CCN(C(=O)c2ccc3c(c2)ncn3C)CC1)N1CCOCC1. The van der Waals surface area contributed by atoms with Crippen LogP contribution < -0.4 is 0 Å². The van der Waals surface area contributed by atoms with Crippen molar-refractivity contribution >= 4 is 16.9 Å². The molecule has 1 amide bonds. The Labute approximate surface area is 154 Å². The lowest BCUT2D eigenvalue weighted by Gasteiger charge is -2.41. The Bertz CT molecular complexity index is 773. The highest BCUT2D eigenvalue weighted by atomic mass is 16.5. The molecule has 0 bridgehead atoms. The molecule has 2 saturated heterocycles. The van der Waals surface area contributed by atoms with E-state index in [1.54, 1.807) is 6.33 Å². The number of imidazole rings is 1. The molecule has 1 aromatic carbocycles. The van der Waals surface area contributed by atoms with Gasteiger partial charge in [0.15, 0.2) is 0 Å². The van der Waals surface area contributed by atoms with Gasteiger partial charge in [0, 0.05) is 44.8 Å². The van der Waals surface area contributed by atoms with E-state index in [4.69, 9.17) is 4.74 Å². The number of rotatable bonds is 3. The van der Waals surface area contributed by atoms with Crippen LogP contribution in [0, 0.1) is 5.92 Å². The number of nitrogens with zero attached hydrogens (tertiary/aromatic N) is 4. The van der Waals surface area contributed by atoms with Crippen molar-refractivity contribution < 1.29 is 9.53 Å². The third-order valence-corrected chi connectivity index (χ3v) is 6.10. The third-order valence-electron chi connectivity index (χ3n) is 6.10. The van der Waals surface area contributed by atoms with Crippen LogP contribution in [0.1, 0.15) is 30.1 Å². The van der Waals surface area contributed by atoms with E-state index < -0.39 is 0 Å². The van der Waals surface area contributed by atoms with Crippen molar-refractivity contribution in [2.24, 2.45) is 13.0 Å². The first-order chi connectivity index (χ1) is 12.6. The number of carbonyl (C=O) groups is 1. The van der Waals surface area contributed by atoms with Crippen LogP contribution >= 0.6 is 0 Å². The second-order valence-electron chi connectivity index (χ2n) is 7.58. The quantitative estimate of drug-likeness (QED) is 0.846. The first kappa shape index (κ1) is 17.5. The number of benzene rings is 1. The Kier molecular flexibility index (Phi) is 4.96. The summed E-state index contributed by atoms with van der Waals surface area (Å²) in [6.45, 7) is 7.78. The van der Waals surface area contributed by atoms with E-state index in [-0.39, 0.29) is 5.91 Å². The molecular weight excluding hydrogens is 328 g/mol. The number of carbonyl (C=O) groups excluding carboxylic acids is 1. The number of hydrogen-bond donors (Lipinski definition) is 0. The summed E-state index contributed by atoms with van der Waals surface area (Å²) < 4.78 is 7.44. The van der Waals surface area contributed by atoms with Crippen LogP contribution in [-0.2, 0) is 11.8 Å². The van der Waals surface area contributed by atoms with Gasteiger partial charge in [0.2, 0.25) is 0 Å². The minimum Gasteiger partial charge on any atom is -0.379 e. The summed E-state index contributed by atoms with van der Waals surface area (Å²) in [6.07, 6.45) is 3.95. The van der Waals surface area contributed by atoms with Crippen molar-refractivity contribution in [3.8, 4) is 0 Å². The Morgan fingerprint density at radius 1 is 1.19 bits per heavy atom. The minimum atomic E-state index is 0.134. The van der Waals surface area contributed by atoms with Gasteiger partial charge < -0.3 is 14.2 Å². The van der Waals surface area contributed by atoms with Crippen molar-refractivity contribution in [3.63, 3.8) is 0 Å². The minimum absolute atomic E-state index is 0.134. The van der Waals surface area contributed by atoms with Crippen molar-refractivity contribution in [3.05, 3.63) is 30.1 Å². The van der Waals surface area contributed by atoms with Gasteiger partial charge >= 0.3 is 0 Å². The van der Waals surface area contributed by atoms with Crippen LogP contribution in [0.15, 0.2) is 24.5 Å². The number of fused-ring (bicyclic) bond motifs is 1. The molecule has 2 aliphatic rings. The molecule has 4 rings (SSSR count). The topological polar surface area (TPSA) is 50.6 Å². The first-order valence-electron chi connectivity index (χ1n) is 9.65. The molecule has 2 aromatic rings. The zero-order valence-corrected chi connectivity index (χ0v) is 15.7. The molecular formula is C20H28N4O2. The molecule has 0 spiro atoms. The van der Waals surface area contributed by atoms with E-state index in [1.807, 2.05) is 34.7 Å². The fourth-order valence-electron chi connectivity index (χ4n) is 4.32. The normalized spacial score (nSPS) is 21.2. The maximum atomic E-state index is 12.9. The Morgan fingerprint density at radius 3 is 2.65 bits per heavy atom. The summed E-state index contributed by atoms with van der Waals surface area (Å²) in [7, 11) is 1.97. The molecule has 3 heterocycles. The molecule has 2 aliphatic heterocycles. The standard InChI is InChI=1S/C20H28N4O2/c1-15(23-9-11-26-12-10-23)16-5-7-24(8-6-16)20(25)17-3-4-19-18(13-17)21-14-22(19)2/h3-4,13-16H,5-12H2,1-2H3. The smallest absolute Gasteiger partial charge is 0.253 e. The molecule has 0 N–H and O–H groups in total. The van der Waals surface area contributed by atoms with E-state index in [1.165, 1.54) is 0 Å². The Balaban J connectivity index is 1.38. The molecule has 0 aliphatic carbocycles. The van der Waals surface area contributed by atoms with Gasteiger partial charge in [0.25, 0.3) is 5.91 Å². The summed E-state index contributed by atoms with van der Waals surface area (Å²) in [6, 6.07) is 6.40. The number of aryl methyl sites for hydroxylation is 1. The van der Waals surface area contributed by atoms with Crippen LogP contribution in [-0.4, -0.2) is 70.7 Å². The van der Waals surface area contributed by atoms with Crippen LogP contribution in [0.25, 0.3) is 11.0 Å². The van der Waals surface area contributed by atoms with Gasteiger partial charge in [-0.2, -0.15) is 0 Å². The molecule has 1 unspecified atom stereocenters. The van der Waals surface area contributed by atoms with E-state index in [0.29, 0.717) is 12.0 Å². The van der Waals surface area contributed by atoms with Crippen molar-refractivity contribution in [1.29, 1.82) is 0 Å². The van der Waals surface area contributed by atoms with Gasteiger partial charge in [0.05, 0.1) is 30.6 Å². The van der Waals surface area contributed by atoms with Crippen LogP contribution in [0.4, 0.5) is 0 Å². The van der Waals surface area contributed by atoms with Crippen molar-refractivity contribution in [2.75, 3.05) is 39.4 Å². The van der Waals surface area contributed by atoms with Gasteiger partial charge in [-0.05, 0) is 43.9 Å². The lowest BCUT2D eigenvalue weighted by Crippen LogP contribution is -2.49. The molecule has 140 valence electrons. The van der Waals surface area contributed by atoms with Crippen molar-refractivity contribution in [2.45, 2.75) is 25.8 Å². The number of piperidine rings is 1. The highest BCUT2D eigenvalue weighted by Crippen LogP contribution is 2.26. The van der Waals surface area contributed by atoms with E-state index in [9.17, 15) is 4.79 Å². The molecule has 26 heavy (non-hydrogen) atoms. The lowest BCUT2D eigenvalue weighted by atomic mass is 9.89. The van der Waals surface area contributed by atoms with Crippen molar-refractivity contribution in [1.82, 2.24) is 19.4 Å². The maximum absolute atomic E-state index is 12.9. The van der Waals surface area contributed by atoms with Crippen LogP contribution in [0.2, 0.25) is 0 Å². The molecule has 1 atom stereocenters. The van der Waals surface area contributed by atoms with Crippen LogP contribution in [0.3, 0.4) is 0 Å². The molecule has 6 heteroatoms. The largest absolute Gasteiger partial charge is 0.379 e. The monoisotopic (exact) mass is 356 g/mol. The summed E-state index contributed by atoms with van der Waals surface area (Å²) in [5.41, 5.74) is 2.68.